The summed E-state index contributed by atoms with van der Waals surface area (Å²) in [5, 5.41) is 21.6. The number of anilines is 1. The predicted octanol–water partition coefficient (Wildman–Crippen LogP) is 5.85. The number of nitrogens with zero attached hydrogens (tertiary/aromatic N) is 3. The first-order chi connectivity index (χ1) is 16.0. The Hall–Kier alpha value is -3.06. The number of nitrogens with two attached hydrogens (primary N) is 1. The van der Waals surface area contributed by atoms with Crippen molar-refractivity contribution in [3.05, 3.63) is 73.5 Å². The first kappa shape index (κ1) is 21.8. The average molecular weight is 475 g/mol. The van der Waals surface area contributed by atoms with Crippen LogP contribution >= 0.6 is 22.9 Å². The summed E-state index contributed by atoms with van der Waals surface area (Å²) in [6, 6.07) is 12.0. The molecule has 2 aliphatic carbocycles. The minimum Gasteiger partial charge on any atom is -0.384 e. The van der Waals surface area contributed by atoms with Crippen molar-refractivity contribution in [1.29, 1.82) is 10.5 Å². The Morgan fingerprint density at radius 3 is 2.48 bits per heavy atom. The van der Waals surface area contributed by atoms with E-state index in [1.165, 1.54) is 11.3 Å². The maximum absolute atomic E-state index is 13.3. The van der Waals surface area contributed by atoms with E-state index in [2.05, 4.69) is 12.1 Å². The van der Waals surface area contributed by atoms with E-state index in [0.717, 1.165) is 53.9 Å². The predicted molar refractivity (Wildman–Crippen MR) is 130 cm³/mol. The van der Waals surface area contributed by atoms with E-state index >= 15 is 0 Å². The van der Waals surface area contributed by atoms with Crippen molar-refractivity contribution < 1.29 is 4.79 Å². The molecular formula is C26H23ClN4OS. The van der Waals surface area contributed by atoms with Crippen molar-refractivity contribution >= 4 is 33.7 Å². The normalized spacial score (nSPS) is 20.6. The Kier molecular flexibility index (Phi) is 5.74. The van der Waals surface area contributed by atoms with Crippen molar-refractivity contribution in [3.63, 3.8) is 0 Å². The van der Waals surface area contributed by atoms with Gasteiger partial charge in [0.05, 0.1) is 23.1 Å². The van der Waals surface area contributed by atoms with Gasteiger partial charge in [-0.3, -0.25) is 9.69 Å². The second kappa shape index (κ2) is 8.71. The van der Waals surface area contributed by atoms with Gasteiger partial charge in [-0.1, -0.05) is 30.2 Å². The molecule has 1 aromatic heterocycles. The number of nitriles is 2. The summed E-state index contributed by atoms with van der Waals surface area (Å²) in [4.78, 5) is 16.4. The molecule has 0 saturated carbocycles. The number of ketones is 1. The Bertz CT molecular complexity index is 1290. The monoisotopic (exact) mass is 474 g/mol. The molecule has 1 aliphatic heterocycles. The van der Waals surface area contributed by atoms with Crippen molar-refractivity contribution in [3.8, 4) is 12.1 Å². The molecule has 166 valence electrons. The maximum Gasteiger partial charge on any atom is 0.161 e. The van der Waals surface area contributed by atoms with Crippen LogP contribution in [0, 0.1) is 22.7 Å². The van der Waals surface area contributed by atoms with Gasteiger partial charge in [-0.15, -0.1) is 11.3 Å². The number of hydrogen-bond acceptors (Lipinski definition) is 6. The molecule has 7 heteroatoms. The lowest BCUT2D eigenvalue weighted by atomic mass is 9.75. The Balaban J connectivity index is 1.74. The molecule has 3 aliphatic rings. The maximum atomic E-state index is 13.3. The van der Waals surface area contributed by atoms with Crippen molar-refractivity contribution in [2.45, 2.75) is 57.3 Å². The fraction of sp³-hybridized carbons (Fsp3) is 0.346. The molecule has 0 bridgehead atoms. The van der Waals surface area contributed by atoms with E-state index in [9.17, 15) is 15.3 Å². The largest absolute Gasteiger partial charge is 0.384 e. The third kappa shape index (κ3) is 3.55. The molecule has 5 nitrogen and oxygen atoms in total. The molecular weight excluding hydrogens is 452 g/mol. The number of benzene rings is 1. The van der Waals surface area contributed by atoms with Crippen LogP contribution in [0.15, 0.2) is 46.9 Å². The van der Waals surface area contributed by atoms with Gasteiger partial charge < -0.3 is 5.73 Å². The fourth-order valence-corrected chi connectivity index (χ4v) is 6.81. The van der Waals surface area contributed by atoms with Crippen LogP contribution in [-0.4, -0.2) is 5.78 Å². The fourth-order valence-electron chi connectivity index (χ4n) is 5.31. The second-order valence-electron chi connectivity index (χ2n) is 8.72. The van der Waals surface area contributed by atoms with Crippen LogP contribution in [-0.2, 0) is 17.6 Å². The molecule has 2 heterocycles. The summed E-state index contributed by atoms with van der Waals surface area (Å²) >= 11 is 7.69. The Labute approximate surface area is 202 Å². The molecule has 1 atom stereocenters. The molecule has 2 N–H and O–H groups in total. The lowest BCUT2D eigenvalue weighted by Crippen LogP contribution is -2.38. The minimum absolute atomic E-state index is 0.0399. The van der Waals surface area contributed by atoms with E-state index in [0.29, 0.717) is 40.4 Å². The third-order valence-electron chi connectivity index (χ3n) is 6.83. The van der Waals surface area contributed by atoms with Gasteiger partial charge in [0.1, 0.15) is 16.9 Å². The van der Waals surface area contributed by atoms with Crippen LogP contribution in [0.5, 0.6) is 0 Å². The highest BCUT2D eigenvalue weighted by Gasteiger charge is 2.41. The number of hydrogen-bond donors (Lipinski definition) is 1. The molecule has 5 rings (SSSR count). The average Bonchev–Trinajstić information content (AvgIpc) is 2.99. The van der Waals surface area contributed by atoms with E-state index in [1.54, 1.807) is 23.5 Å². The van der Waals surface area contributed by atoms with Gasteiger partial charge in [-0.2, -0.15) is 10.5 Å². The van der Waals surface area contributed by atoms with Crippen LogP contribution in [0.25, 0.3) is 0 Å². The quantitative estimate of drug-likeness (QED) is 0.551. The number of Topliss-reactive ketones (excluding diaryl/α,β-unsaturated/α-hetero) is 1. The number of carbonyl (C=O) groups is 1. The van der Waals surface area contributed by atoms with Crippen LogP contribution in [0.4, 0.5) is 5.00 Å². The Morgan fingerprint density at radius 1 is 1.00 bits per heavy atom. The third-order valence-corrected chi connectivity index (χ3v) is 8.36. The van der Waals surface area contributed by atoms with Gasteiger partial charge in [0.15, 0.2) is 5.78 Å². The molecule has 1 aromatic carbocycles. The van der Waals surface area contributed by atoms with Crippen molar-refractivity contribution in [1.82, 2.24) is 0 Å². The highest BCUT2D eigenvalue weighted by Crippen LogP contribution is 2.50. The summed E-state index contributed by atoms with van der Waals surface area (Å²) < 4.78 is 0. The summed E-state index contributed by atoms with van der Waals surface area (Å²) in [5.41, 5.74) is 11.1. The highest BCUT2D eigenvalue weighted by atomic mass is 35.5. The highest BCUT2D eigenvalue weighted by molar-refractivity contribution is 7.16. The van der Waals surface area contributed by atoms with Crippen LogP contribution in [0.3, 0.4) is 0 Å². The topological polar surface area (TPSA) is 93.9 Å². The molecule has 0 fully saturated rings. The zero-order valence-electron chi connectivity index (χ0n) is 18.2. The van der Waals surface area contributed by atoms with E-state index in [4.69, 9.17) is 17.3 Å². The molecule has 2 aromatic rings. The summed E-state index contributed by atoms with van der Waals surface area (Å²) in [6.45, 7) is 0. The smallest absolute Gasteiger partial charge is 0.161 e. The molecule has 0 saturated heterocycles. The van der Waals surface area contributed by atoms with Crippen molar-refractivity contribution in [2.24, 2.45) is 5.73 Å². The lowest BCUT2D eigenvalue weighted by Gasteiger charge is -2.39. The molecule has 0 radical (unpaired) electrons. The van der Waals surface area contributed by atoms with E-state index in [-0.39, 0.29) is 5.78 Å². The van der Waals surface area contributed by atoms with Gasteiger partial charge in [0.2, 0.25) is 0 Å². The number of rotatable bonds is 2. The van der Waals surface area contributed by atoms with Crippen LogP contribution in [0.2, 0.25) is 5.02 Å². The molecule has 0 unspecified atom stereocenters. The van der Waals surface area contributed by atoms with E-state index in [1.807, 2.05) is 17.0 Å². The molecule has 0 spiro atoms. The number of halogens is 1. The summed E-state index contributed by atoms with van der Waals surface area (Å²) in [7, 11) is 0. The second-order valence-corrected chi connectivity index (χ2v) is 10.2. The van der Waals surface area contributed by atoms with Gasteiger partial charge in [-0.05, 0) is 61.8 Å². The molecule has 0 amide bonds. The van der Waals surface area contributed by atoms with Gasteiger partial charge in [0, 0.05) is 27.6 Å². The lowest BCUT2D eigenvalue weighted by molar-refractivity contribution is -0.116. The van der Waals surface area contributed by atoms with Crippen LogP contribution in [0.1, 0.15) is 66.0 Å². The van der Waals surface area contributed by atoms with Crippen molar-refractivity contribution in [2.75, 3.05) is 4.90 Å². The number of allylic oxidation sites excluding steroid dienone is 3. The zero-order valence-corrected chi connectivity index (χ0v) is 19.7. The number of aryl methyl sites for hydroxylation is 1. The number of carbonyl (C=O) groups excluding carboxylic acids is 1. The number of fused-ring (bicyclic) bond motifs is 1. The SMILES string of the molecule is N#CC1=C(N)N(c2sc3c(c2C#N)CCCCC3)C2=C(C(=O)CCC2)[C@@H]1c1ccc(Cl)cc1. The summed E-state index contributed by atoms with van der Waals surface area (Å²) in [5.74, 6) is -0.161. The van der Waals surface area contributed by atoms with Crippen LogP contribution < -0.4 is 10.6 Å². The number of thiophene rings is 1. The van der Waals surface area contributed by atoms with E-state index < -0.39 is 5.92 Å². The van der Waals surface area contributed by atoms with Gasteiger partial charge in [-0.25, -0.2) is 0 Å². The van der Waals surface area contributed by atoms with Gasteiger partial charge in [0.25, 0.3) is 0 Å². The first-order valence-electron chi connectivity index (χ1n) is 11.3. The minimum atomic E-state index is -0.519. The summed E-state index contributed by atoms with van der Waals surface area (Å²) in [6.07, 6.45) is 7.03. The van der Waals surface area contributed by atoms with Gasteiger partial charge >= 0.3 is 0 Å². The molecule has 33 heavy (non-hydrogen) atoms. The standard InChI is InChI=1S/C26H23ClN4OS/c27-16-11-9-15(10-12-16)23-19(14-29)25(30)31(20-6-4-7-21(32)24(20)23)26-18(13-28)17-5-2-1-3-8-22(17)33-26/h9-12,23H,1-8,30H2/t23-/m1/s1. The Morgan fingerprint density at radius 2 is 1.76 bits per heavy atom. The first-order valence-corrected chi connectivity index (χ1v) is 12.5. The zero-order chi connectivity index (χ0) is 23.1.